The summed E-state index contributed by atoms with van der Waals surface area (Å²) in [4.78, 5) is 16.5. The Morgan fingerprint density at radius 3 is 2.59 bits per heavy atom. The highest BCUT2D eigenvalue weighted by molar-refractivity contribution is 7.80. The van der Waals surface area contributed by atoms with Crippen molar-refractivity contribution in [3.8, 4) is 11.3 Å². The van der Waals surface area contributed by atoms with Gasteiger partial charge in [0.2, 0.25) is 0 Å². The molecule has 1 aromatic heterocycles. The van der Waals surface area contributed by atoms with E-state index >= 15 is 0 Å². The second-order valence-electron chi connectivity index (χ2n) is 5.16. The third-order valence-electron chi connectivity index (χ3n) is 3.36. The summed E-state index contributed by atoms with van der Waals surface area (Å²) in [6.45, 7) is 0. The van der Waals surface area contributed by atoms with Gasteiger partial charge in [-0.1, -0.05) is 0 Å². The van der Waals surface area contributed by atoms with Gasteiger partial charge in [0.1, 0.15) is 5.82 Å². The SMILES string of the molecule is O=C(Nc1nc(-c2ccc(F)c(F)c2)cs1)c1ccc(F)cc1NS(=O)O. The second kappa shape index (κ2) is 7.86. The van der Waals surface area contributed by atoms with Gasteiger partial charge in [0.15, 0.2) is 16.8 Å². The van der Waals surface area contributed by atoms with Crippen LogP contribution in [0.3, 0.4) is 0 Å². The van der Waals surface area contributed by atoms with Crippen LogP contribution >= 0.6 is 11.3 Å². The number of carbonyl (C=O) groups excluding carboxylic acids is 1. The number of benzene rings is 2. The topological polar surface area (TPSA) is 91.3 Å². The molecule has 3 rings (SSSR count). The number of anilines is 2. The average molecular weight is 413 g/mol. The largest absolute Gasteiger partial charge is 0.298 e. The molecule has 0 aliphatic rings. The van der Waals surface area contributed by atoms with Crippen LogP contribution < -0.4 is 10.0 Å². The molecule has 140 valence electrons. The molecular weight excluding hydrogens is 403 g/mol. The van der Waals surface area contributed by atoms with Gasteiger partial charge in [0, 0.05) is 10.9 Å². The molecule has 1 atom stereocenters. The van der Waals surface area contributed by atoms with Gasteiger partial charge in [-0.2, -0.15) is 0 Å². The van der Waals surface area contributed by atoms with Crippen molar-refractivity contribution in [2.75, 3.05) is 10.0 Å². The van der Waals surface area contributed by atoms with E-state index in [9.17, 15) is 22.2 Å². The van der Waals surface area contributed by atoms with Crippen LogP contribution in [-0.2, 0) is 11.3 Å². The molecule has 0 radical (unpaired) electrons. The number of carbonyl (C=O) groups is 1. The first-order valence-electron chi connectivity index (χ1n) is 7.23. The zero-order chi connectivity index (χ0) is 19.6. The second-order valence-corrected chi connectivity index (χ2v) is 6.72. The van der Waals surface area contributed by atoms with Crippen molar-refractivity contribution in [1.29, 1.82) is 0 Å². The summed E-state index contributed by atoms with van der Waals surface area (Å²) in [6.07, 6.45) is 0. The van der Waals surface area contributed by atoms with E-state index in [-0.39, 0.29) is 16.4 Å². The molecule has 1 amide bonds. The van der Waals surface area contributed by atoms with Gasteiger partial charge in [-0.3, -0.25) is 19.4 Å². The zero-order valence-corrected chi connectivity index (χ0v) is 14.8. The quantitative estimate of drug-likeness (QED) is 0.551. The summed E-state index contributed by atoms with van der Waals surface area (Å²) in [5, 5.41) is 4.15. The van der Waals surface area contributed by atoms with Crippen molar-refractivity contribution in [2.45, 2.75) is 0 Å². The molecule has 3 N–H and O–H groups in total. The Labute approximate surface area is 157 Å². The minimum Gasteiger partial charge on any atom is -0.298 e. The smallest absolute Gasteiger partial charge is 0.259 e. The first-order valence-corrected chi connectivity index (χ1v) is 9.21. The number of nitrogens with one attached hydrogen (secondary N) is 2. The van der Waals surface area contributed by atoms with E-state index in [1.165, 1.54) is 11.4 Å². The van der Waals surface area contributed by atoms with Crippen LogP contribution in [0.2, 0.25) is 0 Å². The predicted molar refractivity (Wildman–Crippen MR) is 96.2 cm³/mol. The van der Waals surface area contributed by atoms with Crippen LogP contribution in [0, 0.1) is 17.5 Å². The Kier molecular flexibility index (Phi) is 5.54. The van der Waals surface area contributed by atoms with E-state index in [1.807, 2.05) is 0 Å². The Morgan fingerprint density at radius 1 is 1.11 bits per heavy atom. The molecule has 0 saturated carbocycles. The minimum absolute atomic E-state index is 0.0802. The fourth-order valence-electron chi connectivity index (χ4n) is 2.18. The number of halogens is 3. The summed E-state index contributed by atoms with van der Waals surface area (Å²) < 4.78 is 61.5. The zero-order valence-electron chi connectivity index (χ0n) is 13.2. The third kappa shape index (κ3) is 4.51. The predicted octanol–water partition coefficient (Wildman–Crippen LogP) is 4.03. The maximum absolute atomic E-state index is 13.3. The number of hydrogen-bond acceptors (Lipinski definition) is 4. The molecule has 0 aliphatic carbocycles. The molecular formula is C16H10F3N3O3S2. The Morgan fingerprint density at radius 2 is 1.89 bits per heavy atom. The van der Waals surface area contributed by atoms with Crippen molar-refractivity contribution < 1.29 is 26.7 Å². The van der Waals surface area contributed by atoms with Crippen LogP contribution in [0.1, 0.15) is 10.4 Å². The van der Waals surface area contributed by atoms with Crippen LogP contribution in [-0.4, -0.2) is 19.7 Å². The van der Waals surface area contributed by atoms with Gasteiger partial charge in [0.25, 0.3) is 17.2 Å². The van der Waals surface area contributed by atoms with Crippen LogP contribution in [0.15, 0.2) is 41.8 Å². The van der Waals surface area contributed by atoms with E-state index in [0.29, 0.717) is 11.3 Å². The van der Waals surface area contributed by atoms with Crippen molar-refractivity contribution >= 4 is 39.3 Å². The molecule has 2 aromatic carbocycles. The van der Waals surface area contributed by atoms with Crippen LogP contribution in [0.25, 0.3) is 11.3 Å². The summed E-state index contributed by atoms with van der Waals surface area (Å²) in [5.41, 5.74) is 0.391. The molecule has 3 aromatic rings. The number of aromatic nitrogens is 1. The van der Waals surface area contributed by atoms with Crippen molar-refractivity contribution in [2.24, 2.45) is 0 Å². The lowest BCUT2D eigenvalue weighted by Gasteiger charge is -2.09. The first kappa shape index (κ1) is 19.0. The van der Waals surface area contributed by atoms with E-state index in [4.69, 9.17) is 4.55 Å². The molecule has 1 heterocycles. The van der Waals surface area contributed by atoms with E-state index in [1.54, 1.807) is 0 Å². The number of thiazole rings is 1. The van der Waals surface area contributed by atoms with Crippen molar-refractivity contribution in [3.05, 3.63) is 64.8 Å². The summed E-state index contributed by atoms with van der Waals surface area (Å²) in [7, 11) is 0. The molecule has 0 bridgehead atoms. The molecule has 0 fully saturated rings. The fraction of sp³-hybridized carbons (Fsp3) is 0. The Hall–Kier alpha value is -2.76. The first-order chi connectivity index (χ1) is 12.8. The van der Waals surface area contributed by atoms with Crippen LogP contribution in [0.4, 0.5) is 24.0 Å². The maximum Gasteiger partial charge on any atom is 0.259 e. The number of hydrogen-bond donors (Lipinski definition) is 3. The van der Waals surface area contributed by atoms with Crippen molar-refractivity contribution in [1.82, 2.24) is 4.98 Å². The van der Waals surface area contributed by atoms with Crippen LogP contribution in [0.5, 0.6) is 0 Å². The highest BCUT2D eigenvalue weighted by atomic mass is 32.2. The fourth-order valence-corrected chi connectivity index (χ4v) is 3.25. The molecule has 0 saturated heterocycles. The minimum atomic E-state index is -2.50. The molecule has 27 heavy (non-hydrogen) atoms. The lowest BCUT2D eigenvalue weighted by Crippen LogP contribution is -2.15. The average Bonchev–Trinajstić information content (AvgIpc) is 3.05. The lowest BCUT2D eigenvalue weighted by molar-refractivity contribution is 0.102. The normalized spacial score (nSPS) is 11.9. The molecule has 11 heteroatoms. The van der Waals surface area contributed by atoms with Gasteiger partial charge in [0.05, 0.1) is 16.9 Å². The number of rotatable bonds is 5. The lowest BCUT2D eigenvalue weighted by atomic mass is 10.1. The molecule has 6 nitrogen and oxygen atoms in total. The van der Waals surface area contributed by atoms with E-state index < -0.39 is 34.6 Å². The van der Waals surface area contributed by atoms with Gasteiger partial charge in [-0.15, -0.1) is 11.3 Å². The Bertz CT molecular complexity index is 1040. The molecule has 1 unspecified atom stereocenters. The van der Waals surface area contributed by atoms with Crippen molar-refractivity contribution in [3.63, 3.8) is 0 Å². The summed E-state index contributed by atoms with van der Waals surface area (Å²) in [5.74, 6) is -3.41. The summed E-state index contributed by atoms with van der Waals surface area (Å²) >= 11 is -1.46. The van der Waals surface area contributed by atoms with Gasteiger partial charge >= 0.3 is 0 Å². The molecule has 0 aliphatic heterocycles. The highest BCUT2D eigenvalue weighted by Crippen LogP contribution is 2.27. The summed E-state index contributed by atoms with van der Waals surface area (Å²) in [6, 6.07) is 6.36. The maximum atomic E-state index is 13.3. The van der Waals surface area contributed by atoms with E-state index in [0.717, 1.165) is 41.7 Å². The van der Waals surface area contributed by atoms with Gasteiger partial charge in [-0.25, -0.2) is 22.4 Å². The number of amides is 1. The standard InChI is InChI=1S/C16H10F3N3O3S2/c17-9-2-3-10(13(6-9)22-27(24)25)15(23)21-16-20-14(7-26-16)8-1-4-11(18)12(19)5-8/h1-7,22H,(H,24,25)(H,20,21,23). The van der Waals surface area contributed by atoms with Gasteiger partial charge < -0.3 is 0 Å². The third-order valence-corrected chi connectivity index (χ3v) is 4.52. The molecule has 0 spiro atoms. The monoisotopic (exact) mass is 413 g/mol. The van der Waals surface area contributed by atoms with Gasteiger partial charge in [-0.05, 0) is 36.4 Å². The Balaban J connectivity index is 1.82. The highest BCUT2D eigenvalue weighted by Gasteiger charge is 2.16. The van der Waals surface area contributed by atoms with E-state index in [2.05, 4.69) is 15.0 Å². The number of nitrogens with zero attached hydrogens (tertiary/aromatic N) is 1.